The van der Waals surface area contributed by atoms with Crippen molar-refractivity contribution in [2.45, 2.75) is 4.90 Å². The number of rotatable bonds is 3. The highest BCUT2D eigenvalue weighted by Crippen LogP contribution is 2.35. The predicted octanol–water partition coefficient (Wildman–Crippen LogP) is 3.47. The Morgan fingerprint density at radius 2 is 1.62 bits per heavy atom. The summed E-state index contributed by atoms with van der Waals surface area (Å²) in [6.45, 7) is 0. The summed E-state index contributed by atoms with van der Waals surface area (Å²) in [5, 5.41) is -0.384. The zero-order chi connectivity index (χ0) is 15.8. The molecule has 11 heteroatoms. The Kier molecular flexibility index (Phi) is 4.69. The van der Waals surface area contributed by atoms with Gasteiger partial charge in [-0.1, -0.05) is 46.4 Å². The van der Waals surface area contributed by atoms with Crippen molar-refractivity contribution in [3.05, 3.63) is 38.8 Å². The topological polar surface area (TPSA) is 98.0 Å². The van der Waals surface area contributed by atoms with Crippen LogP contribution in [0.1, 0.15) is 0 Å². The molecule has 0 saturated heterocycles. The van der Waals surface area contributed by atoms with E-state index in [9.17, 15) is 8.42 Å². The van der Waals surface area contributed by atoms with Gasteiger partial charge in [-0.2, -0.15) is 0 Å². The third-order valence-corrected chi connectivity index (χ3v) is 5.19. The van der Waals surface area contributed by atoms with E-state index < -0.39 is 10.0 Å². The molecular weight excluding hydrogens is 382 g/mol. The highest BCUT2D eigenvalue weighted by Gasteiger charge is 2.23. The highest BCUT2D eigenvalue weighted by molar-refractivity contribution is 7.92. The first-order valence-electron chi connectivity index (χ1n) is 5.16. The summed E-state index contributed by atoms with van der Waals surface area (Å²) >= 11 is 23.2. The molecule has 0 aliphatic rings. The number of hydrogen-bond acceptors (Lipinski definition) is 5. The van der Waals surface area contributed by atoms with Gasteiger partial charge in [0.05, 0.1) is 15.7 Å². The summed E-state index contributed by atoms with van der Waals surface area (Å²) in [6, 6.07) is 2.51. The van der Waals surface area contributed by atoms with Gasteiger partial charge < -0.3 is 5.73 Å². The summed E-state index contributed by atoms with van der Waals surface area (Å²) in [5.74, 6) is 0. The smallest absolute Gasteiger partial charge is 0.263 e. The van der Waals surface area contributed by atoms with E-state index in [1.165, 1.54) is 12.1 Å². The summed E-state index contributed by atoms with van der Waals surface area (Å²) < 4.78 is 26.8. The minimum Gasteiger partial charge on any atom is -0.396 e. The van der Waals surface area contributed by atoms with Crippen LogP contribution in [-0.2, 0) is 10.0 Å². The second-order valence-corrected chi connectivity index (χ2v) is 6.86. The fourth-order valence-electron chi connectivity index (χ4n) is 1.37. The number of nitrogens with two attached hydrogens (primary N) is 1. The van der Waals surface area contributed by atoms with Crippen LogP contribution in [0.4, 0.5) is 11.4 Å². The molecule has 0 saturated carbocycles. The number of nitrogens with one attached hydrogen (secondary N) is 1. The first-order chi connectivity index (χ1) is 9.74. The van der Waals surface area contributed by atoms with Crippen LogP contribution in [0.25, 0.3) is 0 Å². The van der Waals surface area contributed by atoms with E-state index in [2.05, 4.69) is 14.7 Å². The maximum atomic E-state index is 12.3. The number of sulfonamides is 1. The molecule has 1 aromatic heterocycles. The maximum Gasteiger partial charge on any atom is 0.263 e. The molecule has 6 nitrogen and oxygen atoms in total. The van der Waals surface area contributed by atoms with Crippen LogP contribution >= 0.6 is 46.4 Å². The monoisotopic (exact) mass is 386 g/mol. The van der Waals surface area contributed by atoms with E-state index in [0.29, 0.717) is 0 Å². The van der Waals surface area contributed by atoms with Crippen molar-refractivity contribution in [2.24, 2.45) is 0 Å². The minimum atomic E-state index is -4.10. The van der Waals surface area contributed by atoms with E-state index in [0.717, 1.165) is 6.33 Å². The van der Waals surface area contributed by atoms with Crippen LogP contribution in [0.15, 0.2) is 23.4 Å². The Morgan fingerprint density at radius 3 is 2.19 bits per heavy atom. The fraction of sp³-hybridized carbons (Fsp3) is 0. The average Bonchev–Trinajstić information content (AvgIpc) is 2.40. The molecule has 0 unspecified atom stereocenters. The molecule has 2 rings (SSSR count). The SMILES string of the molecule is Nc1c(Cl)ccc(S(=O)(=O)Nc2c(Cl)ncnc2Cl)c1Cl. The first kappa shape index (κ1) is 16.4. The van der Waals surface area contributed by atoms with Gasteiger partial charge in [0, 0.05) is 0 Å². The lowest BCUT2D eigenvalue weighted by Crippen LogP contribution is -2.15. The number of nitrogen functional groups attached to an aromatic ring is 1. The van der Waals surface area contributed by atoms with Crippen LogP contribution in [-0.4, -0.2) is 18.4 Å². The highest BCUT2D eigenvalue weighted by atomic mass is 35.5. The van der Waals surface area contributed by atoms with Crippen molar-refractivity contribution in [3.8, 4) is 0 Å². The van der Waals surface area contributed by atoms with Gasteiger partial charge in [0.1, 0.15) is 16.9 Å². The molecule has 0 fully saturated rings. The van der Waals surface area contributed by atoms with Gasteiger partial charge in [-0.15, -0.1) is 0 Å². The molecule has 0 atom stereocenters. The van der Waals surface area contributed by atoms with E-state index in [1.807, 2.05) is 0 Å². The van der Waals surface area contributed by atoms with Crippen LogP contribution in [0, 0.1) is 0 Å². The van der Waals surface area contributed by atoms with Crippen LogP contribution in [0.5, 0.6) is 0 Å². The lowest BCUT2D eigenvalue weighted by Gasteiger charge is -2.12. The quantitative estimate of drug-likeness (QED) is 0.620. The largest absolute Gasteiger partial charge is 0.396 e. The van der Waals surface area contributed by atoms with Crippen LogP contribution < -0.4 is 10.5 Å². The van der Waals surface area contributed by atoms with Gasteiger partial charge in [0.2, 0.25) is 0 Å². The second kappa shape index (κ2) is 6.02. The number of benzene rings is 1. The average molecular weight is 388 g/mol. The maximum absolute atomic E-state index is 12.3. The molecule has 0 aliphatic heterocycles. The molecule has 2 aromatic rings. The first-order valence-corrected chi connectivity index (χ1v) is 8.16. The zero-order valence-electron chi connectivity index (χ0n) is 9.94. The second-order valence-electron chi connectivity index (χ2n) is 3.71. The summed E-state index contributed by atoms with van der Waals surface area (Å²) in [4.78, 5) is 7.00. The number of anilines is 2. The molecule has 0 spiro atoms. The Balaban J connectivity index is 2.52. The molecule has 112 valence electrons. The van der Waals surface area contributed by atoms with Gasteiger partial charge in [-0.25, -0.2) is 18.4 Å². The molecule has 1 aromatic carbocycles. The fourth-order valence-corrected chi connectivity index (χ4v) is 3.74. The Morgan fingerprint density at radius 1 is 1.05 bits per heavy atom. The molecule has 1 heterocycles. The van der Waals surface area contributed by atoms with Crippen molar-refractivity contribution >= 4 is 67.8 Å². The Bertz CT molecular complexity index is 793. The number of nitrogens with zero attached hydrogens (tertiary/aromatic N) is 2. The number of aromatic nitrogens is 2. The van der Waals surface area contributed by atoms with Crippen molar-refractivity contribution in [3.63, 3.8) is 0 Å². The molecule has 0 bridgehead atoms. The Labute approximate surface area is 140 Å². The standard InChI is InChI=1S/C10H6Cl4N4O2S/c11-4-1-2-5(6(12)7(4)15)21(19,20)18-8-9(13)16-3-17-10(8)14/h1-3,18H,15H2. The van der Waals surface area contributed by atoms with Crippen molar-refractivity contribution < 1.29 is 8.42 Å². The van der Waals surface area contributed by atoms with Crippen molar-refractivity contribution in [1.29, 1.82) is 0 Å². The van der Waals surface area contributed by atoms with Gasteiger partial charge in [-0.3, -0.25) is 4.72 Å². The van der Waals surface area contributed by atoms with E-state index in [-0.39, 0.29) is 36.6 Å². The summed E-state index contributed by atoms with van der Waals surface area (Å²) in [5.41, 5.74) is 5.38. The normalized spacial score (nSPS) is 11.4. The van der Waals surface area contributed by atoms with E-state index in [4.69, 9.17) is 52.1 Å². The van der Waals surface area contributed by atoms with Gasteiger partial charge >= 0.3 is 0 Å². The summed E-state index contributed by atoms with van der Waals surface area (Å²) in [7, 11) is -4.10. The molecular formula is C10H6Cl4N4O2S. The Hall–Kier alpha value is -0.990. The molecule has 0 amide bonds. The van der Waals surface area contributed by atoms with Crippen LogP contribution in [0.3, 0.4) is 0 Å². The van der Waals surface area contributed by atoms with E-state index >= 15 is 0 Å². The lowest BCUT2D eigenvalue weighted by atomic mass is 10.3. The minimum absolute atomic E-state index is 0.0530. The van der Waals surface area contributed by atoms with E-state index in [1.54, 1.807) is 0 Å². The predicted molar refractivity (Wildman–Crippen MR) is 83.7 cm³/mol. The van der Waals surface area contributed by atoms with Crippen LogP contribution in [0.2, 0.25) is 20.4 Å². The number of hydrogen-bond donors (Lipinski definition) is 2. The number of halogens is 4. The molecule has 0 radical (unpaired) electrons. The van der Waals surface area contributed by atoms with Crippen molar-refractivity contribution in [1.82, 2.24) is 9.97 Å². The van der Waals surface area contributed by atoms with Gasteiger partial charge in [0.25, 0.3) is 10.0 Å². The third-order valence-electron chi connectivity index (χ3n) is 2.37. The van der Waals surface area contributed by atoms with Crippen molar-refractivity contribution in [2.75, 3.05) is 10.5 Å². The lowest BCUT2D eigenvalue weighted by molar-refractivity contribution is 0.601. The molecule has 21 heavy (non-hydrogen) atoms. The molecule has 0 aliphatic carbocycles. The summed E-state index contributed by atoms with van der Waals surface area (Å²) in [6.07, 6.45) is 1.09. The zero-order valence-corrected chi connectivity index (χ0v) is 13.8. The third kappa shape index (κ3) is 3.27. The molecule has 3 N–H and O–H groups in total. The van der Waals surface area contributed by atoms with Gasteiger partial charge in [0.15, 0.2) is 10.3 Å². The van der Waals surface area contributed by atoms with Gasteiger partial charge in [-0.05, 0) is 12.1 Å².